The first-order valence-corrected chi connectivity index (χ1v) is 9.80. The number of ether oxygens (including phenoxy) is 1. The van der Waals surface area contributed by atoms with Crippen LogP contribution in [-0.2, 0) is 19.6 Å². The number of halogens is 1. The molecule has 1 amide bonds. The molecular weight excluding hydrogens is 352 g/mol. The largest absolute Gasteiger partial charge is 0.378 e. The molecule has 0 saturated carbocycles. The Hall–Kier alpha value is -1.15. The highest BCUT2D eigenvalue weighted by molar-refractivity contribution is 7.89. The number of carbonyl (C=O) groups is 1. The SMILES string of the molecule is CC(C)C[C@H](NS(=O)(=O)c1ccc(Cl)cc1)C(=O)N1CCOCC1. The highest BCUT2D eigenvalue weighted by Gasteiger charge is 2.30. The van der Waals surface area contributed by atoms with Gasteiger partial charge in [0.2, 0.25) is 15.9 Å². The Kier molecular flexibility index (Phi) is 6.62. The molecule has 1 aromatic rings. The molecule has 6 nitrogen and oxygen atoms in total. The van der Waals surface area contributed by atoms with Crippen LogP contribution >= 0.6 is 11.6 Å². The third kappa shape index (κ3) is 5.17. The summed E-state index contributed by atoms with van der Waals surface area (Å²) in [5.74, 6) is -0.0301. The van der Waals surface area contributed by atoms with Crippen LogP contribution < -0.4 is 4.72 Å². The monoisotopic (exact) mass is 374 g/mol. The molecule has 1 aromatic carbocycles. The van der Waals surface area contributed by atoms with Gasteiger partial charge in [-0.3, -0.25) is 4.79 Å². The van der Waals surface area contributed by atoms with E-state index in [2.05, 4.69) is 4.72 Å². The molecule has 0 spiro atoms. The van der Waals surface area contributed by atoms with E-state index >= 15 is 0 Å². The molecule has 0 unspecified atom stereocenters. The molecule has 1 aliphatic rings. The van der Waals surface area contributed by atoms with Crippen molar-refractivity contribution in [1.82, 2.24) is 9.62 Å². The van der Waals surface area contributed by atoms with Crippen LogP contribution in [0.25, 0.3) is 0 Å². The molecule has 0 aliphatic carbocycles. The highest BCUT2D eigenvalue weighted by Crippen LogP contribution is 2.17. The predicted octanol–water partition coefficient (Wildman–Crippen LogP) is 1.89. The van der Waals surface area contributed by atoms with Gasteiger partial charge < -0.3 is 9.64 Å². The van der Waals surface area contributed by atoms with Gasteiger partial charge in [0, 0.05) is 18.1 Å². The van der Waals surface area contributed by atoms with Gasteiger partial charge in [-0.25, -0.2) is 8.42 Å². The summed E-state index contributed by atoms with van der Waals surface area (Å²) in [5, 5.41) is 0.456. The first kappa shape index (κ1) is 19.2. The lowest BCUT2D eigenvalue weighted by Gasteiger charge is -2.31. The number of nitrogens with one attached hydrogen (secondary N) is 1. The quantitative estimate of drug-likeness (QED) is 0.825. The molecule has 0 radical (unpaired) electrons. The molecule has 1 saturated heterocycles. The molecule has 0 bridgehead atoms. The van der Waals surface area contributed by atoms with Gasteiger partial charge in [0.05, 0.1) is 18.1 Å². The number of rotatable bonds is 6. The van der Waals surface area contributed by atoms with Crippen molar-refractivity contribution in [2.45, 2.75) is 31.2 Å². The Morgan fingerprint density at radius 1 is 1.25 bits per heavy atom. The standard InChI is InChI=1S/C16H23ClN2O4S/c1-12(2)11-15(16(20)19-7-9-23-10-8-19)18-24(21,22)14-5-3-13(17)4-6-14/h3-6,12,15,18H,7-11H2,1-2H3/t15-/m0/s1. The van der Waals surface area contributed by atoms with E-state index in [1.807, 2.05) is 13.8 Å². The van der Waals surface area contributed by atoms with Crippen molar-refractivity contribution in [3.63, 3.8) is 0 Å². The fourth-order valence-electron chi connectivity index (χ4n) is 2.54. The van der Waals surface area contributed by atoms with Crippen LogP contribution in [0.2, 0.25) is 5.02 Å². The van der Waals surface area contributed by atoms with Crippen LogP contribution in [0.4, 0.5) is 0 Å². The number of sulfonamides is 1. The maximum Gasteiger partial charge on any atom is 0.241 e. The molecule has 1 aliphatic heterocycles. The normalized spacial score (nSPS) is 17.1. The van der Waals surface area contributed by atoms with Gasteiger partial charge in [0.25, 0.3) is 0 Å². The summed E-state index contributed by atoms with van der Waals surface area (Å²) in [5.41, 5.74) is 0. The summed E-state index contributed by atoms with van der Waals surface area (Å²) in [7, 11) is -3.79. The van der Waals surface area contributed by atoms with Crippen molar-refractivity contribution in [3.05, 3.63) is 29.3 Å². The second-order valence-electron chi connectivity index (χ2n) is 6.20. The number of amides is 1. The minimum absolute atomic E-state index is 0.0930. The number of benzene rings is 1. The van der Waals surface area contributed by atoms with Crippen LogP contribution in [0.3, 0.4) is 0 Å². The lowest BCUT2D eigenvalue weighted by Crippen LogP contribution is -2.52. The lowest BCUT2D eigenvalue weighted by atomic mass is 10.0. The average Bonchev–Trinajstić information content (AvgIpc) is 2.54. The molecule has 8 heteroatoms. The molecule has 134 valence electrons. The van der Waals surface area contributed by atoms with E-state index in [-0.39, 0.29) is 16.7 Å². The maximum atomic E-state index is 12.7. The molecular formula is C16H23ClN2O4S. The van der Waals surface area contributed by atoms with Crippen molar-refractivity contribution in [2.24, 2.45) is 5.92 Å². The Balaban J connectivity index is 2.17. The molecule has 1 fully saturated rings. The molecule has 2 rings (SSSR count). The first-order chi connectivity index (χ1) is 11.3. The predicted molar refractivity (Wildman–Crippen MR) is 92.4 cm³/mol. The number of morpholine rings is 1. The third-order valence-corrected chi connectivity index (χ3v) is 5.49. The minimum atomic E-state index is -3.79. The van der Waals surface area contributed by atoms with Crippen molar-refractivity contribution in [2.75, 3.05) is 26.3 Å². The van der Waals surface area contributed by atoms with E-state index in [0.717, 1.165) is 0 Å². The van der Waals surface area contributed by atoms with E-state index in [0.29, 0.717) is 37.7 Å². The number of carbonyl (C=O) groups excluding carboxylic acids is 1. The highest BCUT2D eigenvalue weighted by atomic mass is 35.5. The number of hydrogen-bond acceptors (Lipinski definition) is 4. The van der Waals surface area contributed by atoms with Gasteiger partial charge >= 0.3 is 0 Å². The fraction of sp³-hybridized carbons (Fsp3) is 0.562. The first-order valence-electron chi connectivity index (χ1n) is 7.94. The molecule has 1 heterocycles. The molecule has 1 N–H and O–H groups in total. The maximum absolute atomic E-state index is 12.7. The van der Waals surface area contributed by atoms with Crippen molar-refractivity contribution in [3.8, 4) is 0 Å². The van der Waals surface area contributed by atoms with Crippen LogP contribution in [0, 0.1) is 5.92 Å². The Morgan fingerprint density at radius 2 is 1.83 bits per heavy atom. The molecule has 1 atom stereocenters. The van der Waals surface area contributed by atoms with Crippen molar-refractivity contribution in [1.29, 1.82) is 0 Å². The Morgan fingerprint density at radius 3 is 2.38 bits per heavy atom. The minimum Gasteiger partial charge on any atom is -0.378 e. The molecule has 24 heavy (non-hydrogen) atoms. The zero-order valence-electron chi connectivity index (χ0n) is 13.9. The number of hydrogen-bond donors (Lipinski definition) is 1. The summed E-state index contributed by atoms with van der Waals surface area (Å²) < 4.78 is 32.9. The Bertz CT molecular complexity index is 655. The van der Waals surface area contributed by atoms with Crippen molar-refractivity contribution < 1.29 is 17.9 Å². The second-order valence-corrected chi connectivity index (χ2v) is 8.35. The third-order valence-electron chi connectivity index (χ3n) is 3.75. The fourth-order valence-corrected chi connectivity index (χ4v) is 3.87. The van der Waals surface area contributed by atoms with Gasteiger partial charge in [-0.1, -0.05) is 25.4 Å². The van der Waals surface area contributed by atoms with E-state index in [9.17, 15) is 13.2 Å². The van der Waals surface area contributed by atoms with E-state index in [1.165, 1.54) is 24.3 Å². The molecule has 0 aromatic heterocycles. The van der Waals surface area contributed by atoms with Gasteiger partial charge in [0.15, 0.2) is 0 Å². The van der Waals surface area contributed by atoms with Gasteiger partial charge in [0.1, 0.15) is 6.04 Å². The topological polar surface area (TPSA) is 75.7 Å². The zero-order valence-corrected chi connectivity index (χ0v) is 15.4. The Labute approximate surface area is 148 Å². The summed E-state index contributed by atoms with van der Waals surface area (Å²) in [6.45, 7) is 5.83. The van der Waals surface area contributed by atoms with Crippen molar-refractivity contribution >= 4 is 27.5 Å². The summed E-state index contributed by atoms with van der Waals surface area (Å²) in [6.07, 6.45) is 0.434. The lowest BCUT2D eigenvalue weighted by molar-refractivity contribution is -0.137. The summed E-state index contributed by atoms with van der Waals surface area (Å²) in [6, 6.07) is 5.09. The number of nitrogens with zero attached hydrogens (tertiary/aromatic N) is 1. The second kappa shape index (κ2) is 8.29. The van der Waals surface area contributed by atoms with Crippen LogP contribution in [0.1, 0.15) is 20.3 Å². The van der Waals surface area contributed by atoms with E-state index in [4.69, 9.17) is 16.3 Å². The smallest absolute Gasteiger partial charge is 0.241 e. The van der Waals surface area contributed by atoms with Crippen LogP contribution in [-0.4, -0.2) is 51.6 Å². The average molecular weight is 375 g/mol. The van der Waals surface area contributed by atoms with Gasteiger partial charge in [-0.05, 0) is 36.6 Å². The summed E-state index contributed by atoms with van der Waals surface area (Å²) >= 11 is 5.80. The van der Waals surface area contributed by atoms with E-state index in [1.54, 1.807) is 4.90 Å². The van der Waals surface area contributed by atoms with E-state index < -0.39 is 16.1 Å². The summed E-state index contributed by atoms with van der Waals surface area (Å²) in [4.78, 5) is 14.5. The van der Waals surface area contributed by atoms with Crippen LogP contribution in [0.5, 0.6) is 0 Å². The van der Waals surface area contributed by atoms with Crippen LogP contribution in [0.15, 0.2) is 29.2 Å². The van der Waals surface area contributed by atoms with Gasteiger partial charge in [-0.15, -0.1) is 0 Å². The zero-order chi connectivity index (χ0) is 17.7. The van der Waals surface area contributed by atoms with Gasteiger partial charge in [-0.2, -0.15) is 4.72 Å².